The van der Waals surface area contributed by atoms with Crippen LogP contribution in [0.2, 0.25) is 0 Å². The molecule has 1 saturated heterocycles. The van der Waals surface area contributed by atoms with Crippen LogP contribution >= 0.6 is 0 Å². The number of rotatable bonds is 5. The van der Waals surface area contributed by atoms with Gasteiger partial charge in [0.25, 0.3) is 0 Å². The standard InChI is InChI=1S/C17H24N2O3/c1-12-4-6-14(7-5-12)9-19-10-15(8-16(19)21)17(22)18(3)13(2)11-20/h4-7,13,15,20H,8-11H2,1-3H3. The van der Waals surface area contributed by atoms with E-state index in [-0.39, 0.29) is 36.8 Å². The molecule has 1 N–H and O–H groups in total. The van der Waals surface area contributed by atoms with Gasteiger partial charge in [0.1, 0.15) is 0 Å². The molecule has 0 radical (unpaired) electrons. The fourth-order valence-corrected chi connectivity index (χ4v) is 2.63. The molecule has 0 bridgehead atoms. The normalized spacial score (nSPS) is 19.4. The Morgan fingerprint density at radius 1 is 1.41 bits per heavy atom. The van der Waals surface area contributed by atoms with Crippen LogP contribution in [-0.2, 0) is 16.1 Å². The van der Waals surface area contributed by atoms with Gasteiger partial charge in [-0.3, -0.25) is 9.59 Å². The summed E-state index contributed by atoms with van der Waals surface area (Å²) in [7, 11) is 1.68. The van der Waals surface area contributed by atoms with E-state index in [9.17, 15) is 9.59 Å². The van der Waals surface area contributed by atoms with E-state index in [0.29, 0.717) is 13.1 Å². The molecule has 2 unspecified atom stereocenters. The van der Waals surface area contributed by atoms with Crippen molar-refractivity contribution in [1.82, 2.24) is 9.80 Å². The molecular weight excluding hydrogens is 280 g/mol. The van der Waals surface area contributed by atoms with Crippen molar-refractivity contribution in [3.8, 4) is 0 Å². The summed E-state index contributed by atoms with van der Waals surface area (Å²) < 4.78 is 0. The molecule has 120 valence electrons. The number of aliphatic hydroxyl groups is 1. The predicted octanol–water partition coefficient (Wildman–Crippen LogP) is 1.18. The zero-order valence-electron chi connectivity index (χ0n) is 13.5. The van der Waals surface area contributed by atoms with Crippen molar-refractivity contribution in [3.63, 3.8) is 0 Å². The minimum Gasteiger partial charge on any atom is -0.394 e. The van der Waals surface area contributed by atoms with Gasteiger partial charge in [-0.1, -0.05) is 29.8 Å². The van der Waals surface area contributed by atoms with Crippen LogP contribution in [0.5, 0.6) is 0 Å². The Bertz CT molecular complexity index is 541. The second-order valence-electron chi connectivity index (χ2n) is 6.14. The van der Waals surface area contributed by atoms with Crippen LogP contribution in [-0.4, -0.2) is 53.0 Å². The fourth-order valence-electron chi connectivity index (χ4n) is 2.63. The summed E-state index contributed by atoms with van der Waals surface area (Å²) in [5.74, 6) is -0.359. The van der Waals surface area contributed by atoms with Gasteiger partial charge >= 0.3 is 0 Å². The molecule has 0 aliphatic carbocycles. The van der Waals surface area contributed by atoms with Crippen molar-refractivity contribution in [2.75, 3.05) is 20.2 Å². The summed E-state index contributed by atoms with van der Waals surface area (Å²) in [4.78, 5) is 27.8. The third-order valence-corrected chi connectivity index (χ3v) is 4.33. The highest BCUT2D eigenvalue weighted by Gasteiger charge is 2.36. The molecule has 0 saturated carbocycles. The molecule has 2 rings (SSSR count). The number of hydrogen-bond donors (Lipinski definition) is 1. The number of benzene rings is 1. The number of likely N-dealkylation sites (N-methyl/N-ethyl adjacent to an activating group) is 1. The third-order valence-electron chi connectivity index (χ3n) is 4.33. The van der Waals surface area contributed by atoms with Crippen molar-refractivity contribution in [2.24, 2.45) is 5.92 Å². The maximum atomic E-state index is 12.4. The van der Waals surface area contributed by atoms with Gasteiger partial charge in [0.2, 0.25) is 11.8 Å². The predicted molar refractivity (Wildman–Crippen MR) is 84.0 cm³/mol. The molecule has 1 aromatic carbocycles. The van der Waals surface area contributed by atoms with Crippen molar-refractivity contribution < 1.29 is 14.7 Å². The summed E-state index contributed by atoms with van der Waals surface area (Å²) in [5, 5.41) is 9.15. The first-order valence-corrected chi connectivity index (χ1v) is 7.63. The molecule has 1 aromatic rings. The fraction of sp³-hybridized carbons (Fsp3) is 0.529. The molecule has 2 amide bonds. The Morgan fingerprint density at radius 2 is 2.05 bits per heavy atom. The van der Waals surface area contributed by atoms with E-state index in [1.807, 2.05) is 31.2 Å². The van der Waals surface area contributed by atoms with E-state index in [2.05, 4.69) is 0 Å². The van der Waals surface area contributed by atoms with Crippen LogP contribution in [0.15, 0.2) is 24.3 Å². The Kier molecular flexibility index (Phi) is 5.19. The molecule has 1 fully saturated rings. The Balaban J connectivity index is 1.98. The highest BCUT2D eigenvalue weighted by atomic mass is 16.3. The Morgan fingerprint density at radius 3 is 2.64 bits per heavy atom. The van der Waals surface area contributed by atoms with Gasteiger partial charge in [0, 0.05) is 26.6 Å². The molecule has 2 atom stereocenters. The third kappa shape index (κ3) is 3.65. The second kappa shape index (κ2) is 6.92. The van der Waals surface area contributed by atoms with Gasteiger partial charge < -0.3 is 14.9 Å². The largest absolute Gasteiger partial charge is 0.394 e. The van der Waals surface area contributed by atoms with Crippen LogP contribution in [0.25, 0.3) is 0 Å². The minimum atomic E-state index is -0.308. The first-order valence-electron chi connectivity index (χ1n) is 7.63. The zero-order chi connectivity index (χ0) is 16.3. The van der Waals surface area contributed by atoms with Gasteiger partial charge in [0.15, 0.2) is 0 Å². The molecule has 5 heteroatoms. The second-order valence-corrected chi connectivity index (χ2v) is 6.14. The lowest BCUT2D eigenvalue weighted by atomic mass is 10.1. The first-order chi connectivity index (χ1) is 10.4. The van der Waals surface area contributed by atoms with E-state index in [1.54, 1.807) is 18.9 Å². The summed E-state index contributed by atoms with van der Waals surface area (Å²) in [5.41, 5.74) is 2.26. The number of carbonyl (C=O) groups is 2. The monoisotopic (exact) mass is 304 g/mol. The summed E-state index contributed by atoms with van der Waals surface area (Å²) >= 11 is 0. The van der Waals surface area contributed by atoms with Crippen molar-refractivity contribution >= 4 is 11.8 Å². The van der Waals surface area contributed by atoms with Crippen molar-refractivity contribution in [1.29, 1.82) is 0 Å². The lowest BCUT2D eigenvalue weighted by molar-refractivity contribution is -0.137. The highest BCUT2D eigenvalue weighted by molar-refractivity contribution is 5.89. The van der Waals surface area contributed by atoms with E-state index in [0.717, 1.165) is 5.56 Å². The quantitative estimate of drug-likeness (QED) is 0.888. The van der Waals surface area contributed by atoms with Crippen LogP contribution in [0, 0.1) is 12.8 Å². The zero-order valence-corrected chi connectivity index (χ0v) is 13.5. The summed E-state index contributed by atoms with van der Waals surface area (Å²) in [6.45, 7) is 4.74. The number of aryl methyl sites for hydroxylation is 1. The lowest BCUT2D eigenvalue weighted by Crippen LogP contribution is -2.41. The Hall–Kier alpha value is -1.88. The van der Waals surface area contributed by atoms with Gasteiger partial charge in [-0.15, -0.1) is 0 Å². The van der Waals surface area contributed by atoms with E-state index >= 15 is 0 Å². The van der Waals surface area contributed by atoms with Crippen molar-refractivity contribution in [2.45, 2.75) is 32.9 Å². The number of hydrogen-bond acceptors (Lipinski definition) is 3. The molecule has 0 spiro atoms. The average molecular weight is 304 g/mol. The van der Waals surface area contributed by atoms with Gasteiger partial charge in [-0.2, -0.15) is 0 Å². The average Bonchev–Trinajstić information content (AvgIpc) is 2.88. The molecule has 1 aliphatic rings. The van der Waals surface area contributed by atoms with Crippen LogP contribution in [0.1, 0.15) is 24.5 Å². The molecule has 1 aliphatic heterocycles. The van der Waals surface area contributed by atoms with Crippen molar-refractivity contribution in [3.05, 3.63) is 35.4 Å². The number of likely N-dealkylation sites (tertiary alicyclic amines) is 1. The van der Waals surface area contributed by atoms with Gasteiger partial charge in [-0.25, -0.2) is 0 Å². The molecule has 0 aromatic heterocycles. The smallest absolute Gasteiger partial charge is 0.228 e. The van der Waals surface area contributed by atoms with E-state index in [1.165, 1.54) is 10.5 Å². The minimum absolute atomic E-state index is 0.0176. The Labute approximate surface area is 131 Å². The summed E-state index contributed by atoms with van der Waals surface area (Å²) in [6, 6.07) is 7.84. The van der Waals surface area contributed by atoms with Gasteiger partial charge in [-0.05, 0) is 19.4 Å². The SMILES string of the molecule is Cc1ccc(CN2CC(C(=O)N(C)C(C)CO)CC2=O)cc1. The highest BCUT2D eigenvalue weighted by Crippen LogP contribution is 2.22. The van der Waals surface area contributed by atoms with Crippen LogP contribution < -0.4 is 0 Å². The molecular formula is C17H24N2O3. The topological polar surface area (TPSA) is 60.9 Å². The van der Waals surface area contributed by atoms with Crippen LogP contribution in [0.3, 0.4) is 0 Å². The maximum absolute atomic E-state index is 12.4. The molecule has 22 heavy (non-hydrogen) atoms. The molecule has 1 heterocycles. The number of nitrogens with zero attached hydrogens (tertiary/aromatic N) is 2. The number of amides is 2. The number of aliphatic hydroxyl groups excluding tert-OH is 1. The van der Waals surface area contributed by atoms with Crippen LogP contribution in [0.4, 0.5) is 0 Å². The van der Waals surface area contributed by atoms with E-state index < -0.39 is 0 Å². The van der Waals surface area contributed by atoms with E-state index in [4.69, 9.17) is 5.11 Å². The summed E-state index contributed by atoms with van der Waals surface area (Å²) in [6.07, 6.45) is 0.257. The maximum Gasteiger partial charge on any atom is 0.228 e. The number of carbonyl (C=O) groups excluding carboxylic acids is 2. The first kappa shape index (κ1) is 16.5. The molecule has 5 nitrogen and oxygen atoms in total. The van der Waals surface area contributed by atoms with Gasteiger partial charge in [0.05, 0.1) is 18.6 Å². The lowest BCUT2D eigenvalue weighted by Gasteiger charge is -2.26.